The molecule has 0 spiro atoms. The van der Waals surface area contributed by atoms with E-state index >= 15 is 0 Å². The number of fused-ring (bicyclic) bond motifs is 3. The number of aromatic nitrogens is 1. The predicted octanol–water partition coefficient (Wildman–Crippen LogP) is 3.47. The molecule has 0 radical (unpaired) electrons. The number of primary amides is 1. The van der Waals surface area contributed by atoms with Crippen molar-refractivity contribution in [3.63, 3.8) is 0 Å². The second-order valence-electron chi connectivity index (χ2n) is 5.87. The molecule has 4 rings (SSSR count). The average molecular weight is 346 g/mol. The molecular formula is C17H16ClN3OS. The zero-order valence-electron chi connectivity index (χ0n) is 12.5. The van der Waals surface area contributed by atoms with Crippen LogP contribution in [-0.2, 0) is 19.6 Å². The van der Waals surface area contributed by atoms with Crippen molar-refractivity contribution in [2.24, 2.45) is 5.73 Å². The fraction of sp³-hybridized carbons (Fsp3) is 0.235. The number of rotatable bonds is 3. The van der Waals surface area contributed by atoms with Gasteiger partial charge in [0.15, 0.2) is 0 Å². The third kappa shape index (κ3) is 2.76. The smallest absolute Gasteiger partial charge is 0.249 e. The first-order valence-electron chi connectivity index (χ1n) is 7.47. The van der Waals surface area contributed by atoms with Gasteiger partial charge >= 0.3 is 0 Å². The van der Waals surface area contributed by atoms with Crippen LogP contribution < -0.4 is 5.73 Å². The largest absolute Gasteiger partial charge is 0.366 e. The summed E-state index contributed by atoms with van der Waals surface area (Å²) in [6, 6.07) is 10.2. The van der Waals surface area contributed by atoms with Crippen LogP contribution in [0.15, 0.2) is 35.7 Å². The standard InChI is InChI=1S/C17H16ClN3OS/c18-13-2-1-11-5-14-8-20(3-4-21(14)16(11)7-13)9-15-6-12(10-23-15)17(19)22/h1-2,5-7,10H,3-4,8-9H2,(H2,19,22). The number of nitrogens with zero attached hydrogens (tertiary/aromatic N) is 2. The van der Waals surface area contributed by atoms with Gasteiger partial charge in [0.1, 0.15) is 0 Å². The van der Waals surface area contributed by atoms with Gasteiger partial charge < -0.3 is 10.3 Å². The number of thiophene rings is 1. The summed E-state index contributed by atoms with van der Waals surface area (Å²) in [7, 11) is 0. The Morgan fingerprint density at radius 1 is 1.26 bits per heavy atom. The molecule has 0 atom stereocenters. The lowest BCUT2D eigenvalue weighted by Gasteiger charge is -2.28. The first-order chi connectivity index (χ1) is 11.1. The molecule has 6 heteroatoms. The molecular weight excluding hydrogens is 330 g/mol. The zero-order valence-corrected chi connectivity index (χ0v) is 14.0. The molecule has 0 saturated heterocycles. The summed E-state index contributed by atoms with van der Waals surface area (Å²) in [6.07, 6.45) is 0. The lowest BCUT2D eigenvalue weighted by molar-refractivity contribution is 0.100. The fourth-order valence-electron chi connectivity index (χ4n) is 3.18. The zero-order chi connectivity index (χ0) is 16.0. The minimum Gasteiger partial charge on any atom is -0.366 e. The first-order valence-corrected chi connectivity index (χ1v) is 8.73. The Balaban J connectivity index is 1.56. The SMILES string of the molecule is NC(=O)c1csc(CN2CCn3c(cc4ccc(Cl)cc43)C2)c1. The van der Waals surface area contributed by atoms with Gasteiger partial charge in [0.05, 0.1) is 5.56 Å². The summed E-state index contributed by atoms with van der Waals surface area (Å²) in [4.78, 5) is 14.8. The second kappa shape index (κ2) is 5.67. The molecule has 2 aromatic heterocycles. The van der Waals surface area contributed by atoms with Gasteiger partial charge in [0.2, 0.25) is 5.91 Å². The molecule has 3 heterocycles. The average Bonchev–Trinajstić information content (AvgIpc) is 3.11. The van der Waals surface area contributed by atoms with Gasteiger partial charge in [-0.2, -0.15) is 0 Å². The van der Waals surface area contributed by atoms with Crippen molar-refractivity contribution in [3.05, 3.63) is 56.9 Å². The van der Waals surface area contributed by atoms with Crippen molar-refractivity contribution in [2.45, 2.75) is 19.6 Å². The molecule has 0 fully saturated rings. The van der Waals surface area contributed by atoms with Gasteiger partial charge in [-0.15, -0.1) is 11.3 Å². The fourth-order valence-corrected chi connectivity index (χ4v) is 4.26. The molecule has 23 heavy (non-hydrogen) atoms. The van der Waals surface area contributed by atoms with Gasteiger partial charge in [0, 0.05) is 58.1 Å². The number of halogens is 1. The second-order valence-corrected chi connectivity index (χ2v) is 7.30. The highest BCUT2D eigenvalue weighted by atomic mass is 35.5. The van der Waals surface area contributed by atoms with E-state index in [0.717, 1.165) is 31.2 Å². The monoisotopic (exact) mass is 345 g/mol. The Morgan fingerprint density at radius 3 is 2.91 bits per heavy atom. The summed E-state index contributed by atoms with van der Waals surface area (Å²) in [6.45, 7) is 3.68. The number of nitrogens with two attached hydrogens (primary N) is 1. The summed E-state index contributed by atoms with van der Waals surface area (Å²) >= 11 is 7.71. The van der Waals surface area contributed by atoms with Crippen LogP contribution >= 0.6 is 22.9 Å². The topological polar surface area (TPSA) is 51.3 Å². The first kappa shape index (κ1) is 14.8. The van der Waals surface area contributed by atoms with E-state index in [4.69, 9.17) is 17.3 Å². The van der Waals surface area contributed by atoms with Crippen molar-refractivity contribution in [2.75, 3.05) is 6.54 Å². The highest BCUT2D eigenvalue weighted by Gasteiger charge is 2.19. The maximum absolute atomic E-state index is 11.2. The van der Waals surface area contributed by atoms with E-state index in [1.807, 2.05) is 23.6 Å². The number of carbonyl (C=O) groups is 1. The van der Waals surface area contributed by atoms with Gasteiger partial charge in [-0.1, -0.05) is 17.7 Å². The Hall–Kier alpha value is -1.82. The molecule has 1 aliphatic rings. The molecule has 1 aromatic carbocycles. The number of carbonyl (C=O) groups excluding carboxylic acids is 1. The molecule has 0 bridgehead atoms. The Morgan fingerprint density at radius 2 is 2.13 bits per heavy atom. The molecule has 0 unspecified atom stereocenters. The van der Waals surface area contributed by atoms with Crippen molar-refractivity contribution < 1.29 is 4.79 Å². The molecule has 4 nitrogen and oxygen atoms in total. The molecule has 2 N–H and O–H groups in total. The number of amides is 1. The van der Waals surface area contributed by atoms with Crippen LogP contribution in [0.1, 0.15) is 20.9 Å². The van der Waals surface area contributed by atoms with Gasteiger partial charge in [-0.05, 0) is 24.3 Å². The molecule has 1 aliphatic heterocycles. The summed E-state index contributed by atoms with van der Waals surface area (Å²) < 4.78 is 2.35. The molecule has 118 valence electrons. The van der Waals surface area contributed by atoms with Crippen molar-refractivity contribution in [3.8, 4) is 0 Å². The lowest BCUT2D eigenvalue weighted by atomic mass is 10.2. The van der Waals surface area contributed by atoms with E-state index in [0.29, 0.717) is 5.56 Å². The maximum atomic E-state index is 11.2. The van der Waals surface area contributed by atoms with Crippen LogP contribution in [0.4, 0.5) is 0 Å². The van der Waals surface area contributed by atoms with E-state index in [1.54, 1.807) is 11.3 Å². The van der Waals surface area contributed by atoms with E-state index in [9.17, 15) is 4.79 Å². The minimum atomic E-state index is -0.358. The Bertz CT molecular complexity index is 899. The third-order valence-electron chi connectivity index (χ3n) is 4.30. The van der Waals surface area contributed by atoms with E-state index < -0.39 is 0 Å². The van der Waals surface area contributed by atoms with Crippen LogP contribution in [0.5, 0.6) is 0 Å². The maximum Gasteiger partial charge on any atom is 0.249 e. The number of benzene rings is 1. The summed E-state index contributed by atoms with van der Waals surface area (Å²) in [5.41, 5.74) is 8.43. The molecule has 3 aromatic rings. The van der Waals surface area contributed by atoms with Crippen LogP contribution in [0, 0.1) is 0 Å². The number of hydrogen-bond acceptors (Lipinski definition) is 3. The third-order valence-corrected chi connectivity index (χ3v) is 5.45. The quantitative estimate of drug-likeness (QED) is 0.790. The van der Waals surface area contributed by atoms with Crippen LogP contribution in [0.3, 0.4) is 0 Å². The minimum absolute atomic E-state index is 0.358. The number of hydrogen-bond donors (Lipinski definition) is 1. The highest BCUT2D eigenvalue weighted by Crippen LogP contribution is 2.27. The normalized spacial score (nSPS) is 15.0. The van der Waals surface area contributed by atoms with Gasteiger partial charge in [-0.3, -0.25) is 9.69 Å². The van der Waals surface area contributed by atoms with Crippen LogP contribution in [0.25, 0.3) is 10.9 Å². The van der Waals surface area contributed by atoms with Crippen molar-refractivity contribution in [1.82, 2.24) is 9.47 Å². The van der Waals surface area contributed by atoms with E-state index in [-0.39, 0.29) is 5.91 Å². The van der Waals surface area contributed by atoms with Crippen LogP contribution in [-0.4, -0.2) is 21.9 Å². The highest BCUT2D eigenvalue weighted by molar-refractivity contribution is 7.10. The van der Waals surface area contributed by atoms with Gasteiger partial charge in [0.25, 0.3) is 0 Å². The Labute approximate surface area is 143 Å². The molecule has 1 amide bonds. The molecule has 0 saturated carbocycles. The molecule has 0 aliphatic carbocycles. The van der Waals surface area contributed by atoms with Crippen LogP contribution in [0.2, 0.25) is 5.02 Å². The summed E-state index contributed by atoms with van der Waals surface area (Å²) in [5, 5.41) is 3.84. The van der Waals surface area contributed by atoms with Crippen molar-refractivity contribution in [1.29, 1.82) is 0 Å². The van der Waals surface area contributed by atoms with Gasteiger partial charge in [-0.25, -0.2) is 0 Å². The lowest BCUT2D eigenvalue weighted by Crippen LogP contribution is -2.32. The van der Waals surface area contributed by atoms with Crippen molar-refractivity contribution >= 4 is 39.7 Å². The summed E-state index contributed by atoms with van der Waals surface area (Å²) in [5.74, 6) is -0.358. The predicted molar refractivity (Wildman–Crippen MR) is 93.9 cm³/mol. The van der Waals surface area contributed by atoms with E-state index in [2.05, 4.69) is 21.6 Å². The Kier molecular flexibility index (Phi) is 3.64. The van der Waals surface area contributed by atoms with E-state index in [1.165, 1.54) is 21.5 Å².